The third kappa shape index (κ3) is 2.72. The molecule has 0 spiro atoms. The first kappa shape index (κ1) is 17.3. The molecule has 1 saturated heterocycles. The summed E-state index contributed by atoms with van der Waals surface area (Å²) in [5.41, 5.74) is 3.15. The Bertz CT molecular complexity index is 1430. The van der Waals surface area contributed by atoms with Gasteiger partial charge in [0.15, 0.2) is 11.3 Å². The topological polar surface area (TPSA) is 88.0 Å². The Labute approximate surface area is 170 Å². The van der Waals surface area contributed by atoms with E-state index in [1.54, 1.807) is 17.2 Å². The molecule has 0 bridgehead atoms. The van der Waals surface area contributed by atoms with E-state index in [0.717, 1.165) is 36.2 Å². The zero-order valence-electron chi connectivity index (χ0n) is 16.2. The summed E-state index contributed by atoms with van der Waals surface area (Å²) in [5, 5.41) is 0.482. The van der Waals surface area contributed by atoms with Crippen molar-refractivity contribution in [1.29, 1.82) is 0 Å². The quantitative estimate of drug-likeness (QED) is 0.460. The average molecular weight is 401 g/mol. The van der Waals surface area contributed by atoms with Crippen molar-refractivity contribution in [2.24, 2.45) is 0 Å². The Balaban J connectivity index is 1.62. The monoisotopic (exact) mass is 401 g/mol. The Kier molecular flexibility index (Phi) is 3.92. The van der Waals surface area contributed by atoms with Gasteiger partial charge in [-0.25, -0.2) is 15.0 Å². The SMILES string of the molecule is O=c1c2c3nc4ccccc4nc3n(Cc3ccco3)c2ncn1C[C@@H]1CCCO1. The summed E-state index contributed by atoms with van der Waals surface area (Å²) in [6.07, 6.45) is 5.26. The number of hydrogen-bond acceptors (Lipinski definition) is 6. The maximum Gasteiger partial charge on any atom is 0.265 e. The van der Waals surface area contributed by atoms with E-state index in [2.05, 4.69) is 4.98 Å². The van der Waals surface area contributed by atoms with Gasteiger partial charge in [0, 0.05) is 6.61 Å². The van der Waals surface area contributed by atoms with Gasteiger partial charge in [-0.3, -0.25) is 9.36 Å². The minimum Gasteiger partial charge on any atom is -0.467 e. The molecule has 0 radical (unpaired) electrons. The van der Waals surface area contributed by atoms with E-state index in [9.17, 15) is 4.79 Å². The molecular weight excluding hydrogens is 382 g/mol. The molecule has 0 unspecified atom stereocenters. The summed E-state index contributed by atoms with van der Waals surface area (Å²) >= 11 is 0. The smallest absolute Gasteiger partial charge is 0.265 e. The van der Waals surface area contributed by atoms with Gasteiger partial charge in [-0.1, -0.05) is 12.1 Å². The lowest BCUT2D eigenvalue weighted by Gasteiger charge is -2.11. The highest BCUT2D eigenvalue weighted by atomic mass is 16.5. The van der Waals surface area contributed by atoms with E-state index < -0.39 is 0 Å². The second-order valence-electron chi connectivity index (χ2n) is 7.59. The number of rotatable bonds is 4. The Morgan fingerprint density at radius 1 is 1.07 bits per heavy atom. The van der Waals surface area contributed by atoms with Crippen molar-refractivity contribution in [2.45, 2.75) is 32.0 Å². The van der Waals surface area contributed by atoms with Crippen LogP contribution in [-0.4, -0.2) is 36.8 Å². The molecule has 4 aromatic heterocycles. The Hall–Kier alpha value is -3.52. The van der Waals surface area contributed by atoms with E-state index in [0.29, 0.717) is 35.3 Å². The van der Waals surface area contributed by atoms with E-state index >= 15 is 0 Å². The van der Waals surface area contributed by atoms with Crippen molar-refractivity contribution in [1.82, 2.24) is 24.1 Å². The predicted molar refractivity (Wildman–Crippen MR) is 111 cm³/mol. The van der Waals surface area contributed by atoms with E-state index in [4.69, 9.17) is 19.1 Å². The van der Waals surface area contributed by atoms with Gasteiger partial charge in [0.2, 0.25) is 0 Å². The van der Waals surface area contributed by atoms with Gasteiger partial charge in [0.1, 0.15) is 16.7 Å². The summed E-state index contributed by atoms with van der Waals surface area (Å²) in [6, 6.07) is 11.4. The molecule has 5 aromatic rings. The number of hydrogen-bond donors (Lipinski definition) is 0. The minimum absolute atomic E-state index is 0.0466. The van der Waals surface area contributed by atoms with Crippen LogP contribution in [0.15, 0.2) is 58.2 Å². The summed E-state index contributed by atoms with van der Waals surface area (Å²) in [5.74, 6) is 0.758. The number of fused-ring (bicyclic) bond motifs is 4. The highest BCUT2D eigenvalue weighted by Crippen LogP contribution is 2.26. The first-order chi connectivity index (χ1) is 14.8. The first-order valence-electron chi connectivity index (χ1n) is 10.1. The van der Waals surface area contributed by atoms with Crippen LogP contribution in [0.4, 0.5) is 0 Å². The molecule has 1 atom stereocenters. The van der Waals surface area contributed by atoms with Gasteiger partial charge in [0.05, 0.1) is 42.8 Å². The summed E-state index contributed by atoms with van der Waals surface area (Å²) in [7, 11) is 0. The van der Waals surface area contributed by atoms with Crippen LogP contribution in [0, 0.1) is 0 Å². The van der Waals surface area contributed by atoms with E-state index in [1.807, 2.05) is 41.0 Å². The molecular formula is C22H19N5O3. The average Bonchev–Trinajstić information content (AvgIpc) is 3.51. The summed E-state index contributed by atoms with van der Waals surface area (Å²) in [4.78, 5) is 27.7. The number of aromatic nitrogens is 5. The third-order valence-electron chi connectivity index (χ3n) is 5.64. The number of furan rings is 1. The lowest BCUT2D eigenvalue weighted by molar-refractivity contribution is 0.0960. The molecule has 30 heavy (non-hydrogen) atoms. The van der Waals surface area contributed by atoms with Crippen LogP contribution in [0.2, 0.25) is 0 Å². The molecule has 0 saturated carbocycles. The third-order valence-corrected chi connectivity index (χ3v) is 5.64. The van der Waals surface area contributed by atoms with Gasteiger partial charge >= 0.3 is 0 Å². The van der Waals surface area contributed by atoms with Gasteiger partial charge < -0.3 is 13.7 Å². The standard InChI is InChI=1S/C22H19N5O3/c28-22-18-19-21(25-17-8-2-1-7-16(17)24-19)27(12-15-6-4-10-30-15)20(18)23-13-26(22)11-14-5-3-9-29-14/h1-2,4,6-8,10,13-14H,3,5,9,11-12H2/t14-/m0/s1. The first-order valence-corrected chi connectivity index (χ1v) is 10.1. The molecule has 1 aromatic carbocycles. The van der Waals surface area contributed by atoms with Crippen molar-refractivity contribution >= 4 is 33.2 Å². The summed E-state index contributed by atoms with van der Waals surface area (Å²) in [6.45, 7) is 1.66. The Morgan fingerprint density at radius 3 is 2.70 bits per heavy atom. The molecule has 0 N–H and O–H groups in total. The van der Waals surface area contributed by atoms with Crippen molar-refractivity contribution < 1.29 is 9.15 Å². The van der Waals surface area contributed by atoms with Crippen molar-refractivity contribution in [3.63, 3.8) is 0 Å². The van der Waals surface area contributed by atoms with Crippen molar-refractivity contribution in [3.05, 3.63) is 65.1 Å². The van der Waals surface area contributed by atoms with Gasteiger partial charge in [-0.15, -0.1) is 0 Å². The van der Waals surface area contributed by atoms with E-state index in [1.165, 1.54) is 0 Å². The lowest BCUT2D eigenvalue weighted by atomic mass is 10.2. The van der Waals surface area contributed by atoms with Gasteiger partial charge in [-0.2, -0.15) is 0 Å². The molecule has 0 amide bonds. The summed E-state index contributed by atoms with van der Waals surface area (Å²) < 4.78 is 14.8. The van der Waals surface area contributed by atoms with Crippen LogP contribution >= 0.6 is 0 Å². The number of nitrogens with zero attached hydrogens (tertiary/aromatic N) is 5. The molecule has 1 aliphatic rings. The van der Waals surface area contributed by atoms with E-state index in [-0.39, 0.29) is 11.7 Å². The molecule has 0 aliphatic carbocycles. The Morgan fingerprint density at radius 2 is 1.93 bits per heavy atom. The van der Waals surface area contributed by atoms with Crippen LogP contribution in [0.25, 0.3) is 33.2 Å². The number of ether oxygens (including phenoxy) is 1. The highest BCUT2D eigenvalue weighted by Gasteiger charge is 2.22. The van der Waals surface area contributed by atoms with Crippen molar-refractivity contribution in [3.8, 4) is 0 Å². The molecule has 8 nitrogen and oxygen atoms in total. The van der Waals surface area contributed by atoms with Crippen LogP contribution < -0.4 is 5.56 Å². The molecule has 1 fully saturated rings. The lowest BCUT2D eigenvalue weighted by Crippen LogP contribution is -2.26. The van der Waals surface area contributed by atoms with Crippen LogP contribution in [0.5, 0.6) is 0 Å². The van der Waals surface area contributed by atoms with Crippen LogP contribution in [0.1, 0.15) is 18.6 Å². The molecule has 8 heteroatoms. The fraction of sp³-hybridized carbons (Fsp3) is 0.273. The maximum atomic E-state index is 13.4. The van der Waals surface area contributed by atoms with Crippen molar-refractivity contribution in [2.75, 3.05) is 6.61 Å². The zero-order valence-corrected chi connectivity index (χ0v) is 16.2. The molecule has 5 heterocycles. The molecule has 1 aliphatic heterocycles. The fourth-order valence-corrected chi connectivity index (χ4v) is 4.19. The minimum atomic E-state index is -0.122. The van der Waals surface area contributed by atoms with Gasteiger partial charge in [0.25, 0.3) is 5.56 Å². The molecule has 150 valence electrons. The normalized spacial score (nSPS) is 16.9. The maximum absolute atomic E-state index is 13.4. The number of para-hydroxylation sites is 2. The van der Waals surface area contributed by atoms with Crippen LogP contribution in [0.3, 0.4) is 0 Å². The number of benzene rings is 1. The largest absolute Gasteiger partial charge is 0.467 e. The highest BCUT2D eigenvalue weighted by molar-refractivity contribution is 6.04. The molecule has 6 rings (SSSR count). The second-order valence-corrected chi connectivity index (χ2v) is 7.59. The fourth-order valence-electron chi connectivity index (χ4n) is 4.19. The zero-order chi connectivity index (χ0) is 20.1. The van der Waals surface area contributed by atoms with Gasteiger partial charge in [-0.05, 0) is 37.1 Å². The second kappa shape index (κ2) is 6.77. The predicted octanol–water partition coefficient (Wildman–Crippen LogP) is 3.11. The van der Waals surface area contributed by atoms with Crippen LogP contribution in [-0.2, 0) is 17.8 Å².